The summed E-state index contributed by atoms with van der Waals surface area (Å²) < 4.78 is 27.3. The first-order valence-corrected chi connectivity index (χ1v) is 15.1. The minimum Gasteiger partial charge on any atom is -0.352 e. The molecule has 0 radical (unpaired) electrons. The molecule has 0 bridgehead atoms. The molecule has 38 heavy (non-hydrogen) atoms. The van der Waals surface area contributed by atoms with Gasteiger partial charge in [-0.3, -0.25) is 24.0 Å². The van der Waals surface area contributed by atoms with E-state index in [1.54, 1.807) is 13.8 Å². The van der Waals surface area contributed by atoms with Gasteiger partial charge in [-0.2, -0.15) is 0 Å². The quantitative estimate of drug-likeness (QED) is 0.316. The molecule has 0 aliphatic heterocycles. The third-order valence-corrected chi connectivity index (χ3v) is 8.39. The molecule has 0 heterocycles. The maximum atomic E-state index is 13.7. The van der Waals surface area contributed by atoms with E-state index in [-0.39, 0.29) is 29.9 Å². The Balaban J connectivity index is 1.92. The number of nitro groups is 1. The zero-order valence-corrected chi connectivity index (χ0v) is 24.1. The van der Waals surface area contributed by atoms with E-state index in [4.69, 9.17) is 0 Å². The molecular formula is C26H33BrN4O6S. The molecule has 1 aliphatic rings. The van der Waals surface area contributed by atoms with Gasteiger partial charge in [0.15, 0.2) is 0 Å². The number of hydrogen-bond donors (Lipinski definition) is 1. The number of nitrogens with zero attached hydrogens (tertiary/aromatic N) is 3. The molecule has 1 atom stereocenters. The average molecular weight is 610 g/mol. The second kappa shape index (κ2) is 12.7. The third kappa shape index (κ3) is 7.76. The van der Waals surface area contributed by atoms with Crippen LogP contribution in [0.3, 0.4) is 0 Å². The molecule has 1 unspecified atom stereocenters. The molecule has 10 nitrogen and oxygen atoms in total. The number of anilines is 1. The van der Waals surface area contributed by atoms with Crippen molar-refractivity contribution in [3.8, 4) is 0 Å². The minimum absolute atomic E-state index is 0.0398. The van der Waals surface area contributed by atoms with Crippen LogP contribution in [0, 0.1) is 17.0 Å². The zero-order chi connectivity index (χ0) is 28.0. The van der Waals surface area contributed by atoms with Crippen molar-refractivity contribution in [2.45, 2.75) is 64.6 Å². The highest BCUT2D eigenvalue weighted by atomic mass is 79.9. The van der Waals surface area contributed by atoms with Crippen LogP contribution in [-0.2, 0) is 26.2 Å². The molecule has 206 valence electrons. The van der Waals surface area contributed by atoms with E-state index >= 15 is 0 Å². The van der Waals surface area contributed by atoms with Crippen molar-refractivity contribution in [2.75, 3.05) is 17.1 Å². The predicted molar refractivity (Wildman–Crippen MR) is 149 cm³/mol. The molecule has 2 amide bonds. The van der Waals surface area contributed by atoms with Crippen LogP contribution in [0.15, 0.2) is 46.9 Å². The highest BCUT2D eigenvalue weighted by Gasteiger charge is 2.32. The van der Waals surface area contributed by atoms with Gasteiger partial charge in [0.1, 0.15) is 12.6 Å². The zero-order valence-electron chi connectivity index (χ0n) is 21.7. The van der Waals surface area contributed by atoms with Gasteiger partial charge in [-0.25, -0.2) is 8.42 Å². The lowest BCUT2D eigenvalue weighted by atomic mass is 9.95. The van der Waals surface area contributed by atoms with Gasteiger partial charge in [0.25, 0.3) is 5.69 Å². The smallest absolute Gasteiger partial charge is 0.271 e. The molecule has 12 heteroatoms. The summed E-state index contributed by atoms with van der Waals surface area (Å²) in [4.78, 5) is 39.0. The molecule has 1 saturated carbocycles. The first-order chi connectivity index (χ1) is 17.9. The number of non-ortho nitro benzene ring substituents is 1. The Hall–Kier alpha value is -2.99. The summed E-state index contributed by atoms with van der Waals surface area (Å²) >= 11 is 3.39. The van der Waals surface area contributed by atoms with Crippen molar-refractivity contribution in [1.29, 1.82) is 0 Å². The van der Waals surface area contributed by atoms with Crippen molar-refractivity contribution in [1.82, 2.24) is 10.2 Å². The number of sulfonamides is 1. The fourth-order valence-electron chi connectivity index (χ4n) is 4.51. The number of nitrogens with one attached hydrogen (secondary N) is 1. The summed E-state index contributed by atoms with van der Waals surface area (Å²) in [5.41, 5.74) is 0.962. The Morgan fingerprint density at radius 3 is 2.34 bits per heavy atom. The summed E-state index contributed by atoms with van der Waals surface area (Å²) in [5.74, 6) is -0.907. The van der Waals surface area contributed by atoms with Crippen molar-refractivity contribution >= 4 is 49.1 Å². The van der Waals surface area contributed by atoms with E-state index in [0.717, 1.165) is 58.8 Å². The lowest BCUT2D eigenvalue weighted by Gasteiger charge is -2.33. The Morgan fingerprint density at radius 2 is 1.76 bits per heavy atom. The van der Waals surface area contributed by atoms with Gasteiger partial charge in [0, 0.05) is 29.2 Å². The number of carbonyl (C=O) groups excluding carboxylic acids is 2. The predicted octanol–water partition coefficient (Wildman–Crippen LogP) is 4.30. The maximum absolute atomic E-state index is 13.7. The number of aryl methyl sites for hydroxylation is 1. The van der Waals surface area contributed by atoms with Crippen LogP contribution in [0.5, 0.6) is 0 Å². The fourth-order valence-corrected chi connectivity index (χ4v) is 5.68. The van der Waals surface area contributed by atoms with Crippen molar-refractivity contribution < 1.29 is 22.9 Å². The largest absolute Gasteiger partial charge is 0.352 e. The number of hydrogen-bond acceptors (Lipinski definition) is 6. The molecule has 2 aromatic carbocycles. The summed E-state index contributed by atoms with van der Waals surface area (Å²) in [5, 5.41) is 14.4. The normalized spacial score (nSPS) is 14.9. The second-order valence-corrected chi connectivity index (χ2v) is 12.5. The van der Waals surface area contributed by atoms with E-state index in [9.17, 15) is 28.1 Å². The number of rotatable bonds is 10. The van der Waals surface area contributed by atoms with Crippen molar-refractivity contribution in [3.05, 3.63) is 68.2 Å². The molecule has 0 aromatic heterocycles. The van der Waals surface area contributed by atoms with Gasteiger partial charge in [0.2, 0.25) is 21.8 Å². The first-order valence-electron chi connectivity index (χ1n) is 12.4. The molecule has 1 aliphatic carbocycles. The fraction of sp³-hybridized carbons (Fsp3) is 0.462. The van der Waals surface area contributed by atoms with E-state index in [1.165, 1.54) is 17.0 Å². The summed E-state index contributed by atoms with van der Waals surface area (Å²) in [6, 6.07) is 10.3. The van der Waals surface area contributed by atoms with Crippen LogP contribution < -0.4 is 9.62 Å². The van der Waals surface area contributed by atoms with E-state index < -0.39 is 33.4 Å². The van der Waals surface area contributed by atoms with Crippen LogP contribution in [0.2, 0.25) is 0 Å². The van der Waals surface area contributed by atoms with Gasteiger partial charge in [-0.1, -0.05) is 53.4 Å². The minimum atomic E-state index is -4.00. The van der Waals surface area contributed by atoms with E-state index in [2.05, 4.69) is 21.2 Å². The Kier molecular flexibility index (Phi) is 9.88. The van der Waals surface area contributed by atoms with E-state index in [1.807, 2.05) is 24.3 Å². The average Bonchev–Trinajstić information content (AvgIpc) is 2.86. The molecule has 1 N–H and O–H groups in total. The van der Waals surface area contributed by atoms with Crippen LogP contribution in [0.1, 0.15) is 50.2 Å². The SMILES string of the molecule is Cc1ccc([N+](=O)[O-])cc1N(CC(=O)N(Cc1ccc(Br)cc1)C(C)C(=O)NC1CCCCC1)S(C)(=O)=O. The van der Waals surface area contributed by atoms with Crippen LogP contribution in [-0.4, -0.2) is 54.9 Å². The number of nitro benzene ring substituents is 1. The number of carbonyl (C=O) groups is 2. The van der Waals surface area contributed by atoms with Crippen LogP contribution >= 0.6 is 15.9 Å². The Labute approximate surface area is 231 Å². The first kappa shape index (κ1) is 29.6. The Morgan fingerprint density at radius 1 is 1.13 bits per heavy atom. The molecule has 2 aromatic rings. The van der Waals surface area contributed by atoms with Crippen LogP contribution in [0.25, 0.3) is 0 Å². The highest BCUT2D eigenvalue weighted by molar-refractivity contribution is 9.10. The second-order valence-electron chi connectivity index (χ2n) is 9.67. The number of amides is 2. The summed E-state index contributed by atoms with van der Waals surface area (Å²) in [6.07, 6.45) is 5.91. The molecule has 0 saturated heterocycles. The standard InChI is InChI=1S/C26H33BrN4O6S/c1-18-9-14-23(31(34)35)15-24(18)30(38(3,36)37)17-25(32)29(16-20-10-12-21(27)13-11-20)19(2)26(33)28-22-7-5-4-6-8-22/h9-15,19,22H,4-8,16-17H2,1-3H3,(H,28,33). The highest BCUT2D eigenvalue weighted by Crippen LogP contribution is 2.28. The topological polar surface area (TPSA) is 130 Å². The van der Waals surface area contributed by atoms with Gasteiger partial charge >= 0.3 is 0 Å². The molecule has 3 rings (SSSR count). The van der Waals surface area contributed by atoms with E-state index in [0.29, 0.717) is 5.56 Å². The molecule has 0 spiro atoms. The summed E-state index contributed by atoms with van der Waals surface area (Å²) in [7, 11) is -4.00. The maximum Gasteiger partial charge on any atom is 0.271 e. The van der Waals surface area contributed by atoms with Gasteiger partial charge in [0.05, 0.1) is 16.9 Å². The molecule has 1 fully saturated rings. The number of halogens is 1. The third-order valence-electron chi connectivity index (χ3n) is 6.74. The van der Waals surface area contributed by atoms with Gasteiger partial charge < -0.3 is 10.2 Å². The number of benzene rings is 2. The van der Waals surface area contributed by atoms with Crippen molar-refractivity contribution in [2.24, 2.45) is 0 Å². The molecular weight excluding hydrogens is 576 g/mol. The Bertz CT molecular complexity index is 1280. The monoisotopic (exact) mass is 608 g/mol. The lowest BCUT2D eigenvalue weighted by Crippen LogP contribution is -2.53. The lowest BCUT2D eigenvalue weighted by molar-refractivity contribution is -0.384. The van der Waals surface area contributed by atoms with Gasteiger partial charge in [-0.05, 0) is 49.9 Å². The summed E-state index contributed by atoms with van der Waals surface area (Å²) in [6.45, 7) is 2.70. The van der Waals surface area contributed by atoms with Gasteiger partial charge in [-0.15, -0.1) is 0 Å². The van der Waals surface area contributed by atoms with Crippen molar-refractivity contribution in [3.63, 3.8) is 0 Å². The van der Waals surface area contributed by atoms with Crippen LogP contribution in [0.4, 0.5) is 11.4 Å².